The van der Waals surface area contributed by atoms with E-state index < -0.39 is 5.41 Å². The van der Waals surface area contributed by atoms with Crippen molar-refractivity contribution in [2.45, 2.75) is 26.7 Å². The van der Waals surface area contributed by atoms with Gasteiger partial charge in [0.05, 0.1) is 12.0 Å². The molecule has 0 aromatic carbocycles. The normalized spacial score (nSPS) is 14.9. The molecule has 0 heterocycles. The van der Waals surface area contributed by atoms with Crippen LogP contribution in [0.5, 0.6) is 0 Å². The highest BCUT2D eigenvalue weighted by molar-refractivity contribution is 5.77. The molecule has 0 spiro atoms. The summed E-state index contributed by atoms with van der Waals surface area (Å²) in [5.74, 6) is -0.206. The number of carbonyl (C=O) groups excluding carboxylic acids is 1. The summed E-state index contributed by atoms with van der Waals surface area (Å²) < 4.78 is 9.98. The molecule has 0 bridgehead atoms. The Kier molecular flexibility index (Phi) is 6.49. The molecule has 0 aromatic rings. The van der Waals surface area contributed by atoms with Crippen molar-refractivity contribution in [1.82, 2.24) is 0 Å². The lowest BCUT2D eigenvalue weighted by molar-refractivity contribution is -0.156. The van der Waals surface area contributed by atoms with Crippen molar-refractivity contribution in [3.05, 3.63) is 0 Å². The molecule has 0 saturated carbocycles. The molecule has 1 atom stereocenters. The second kappa shape index (κ2) is 6.79. The van der Waals surface area contributed by atoms with Gasteiger partial charge in [-0.15, -0.1) is 0 Å². The van der Waals surface area contributed by atoms with Gasteiger partial charge >= 0.3 is 5.97 Å². The Balaban J connectivity index is 4.42. The standard InChI is InChI=1S/C10H21NO3/c1-4-10(8-11,6-7-13-3)9(12)14-5-2/h4-8,11H2,1-3H3. The largest absolute Gasteiger partial charge is 0.466 e. The van der Waals surface area contributed by atoms with Crippen molar-refractivity contribution >= 4 is 5.97 Å². The van der Waals surface area contributed by atoms with Crippen molar-refractivity contribution in [3.63, 3.8) is 0 Å². The smallest absolute Gasteiger partial charge is 0.313 e. The first kappa shape index (κ1) is 13.4. The van der Waals surface area contributed by atoms with E-state index >= 15 is 0 Å². The van der Waals surface area contributed by atoms with Crippen LogP contribution in [0.25, 0.3) is 0 Å². The Morgan fingerprint density at radius 3 is 2.43 bits per heavy atom. The summed E-state index contributed by atoms with van der Waals surface area (Å²) >= 11 is 0. The predicted molar refractivity (Wildman–Crippen MR) is 54.9 cm³/mol. The van der Waals surface area contributed by atoms with E-state index in [-0.39, 0.29) is 5.97 Å². The van der Waals surface area contributed by atoms with Crippen LogP contribution in [0.3, 0.4) is 0 Å². The minimum absolute atomic E-state index is 0.206. The fourth-order valence-electron chi connectivity index (χ4n) is 1.33. The number of hydrogen-bond donors (Lipinski definition) is 1. The molecule has 0 amide bonds. The van der Waals surface area contributed by atoms with Crippen molar-refractivity contribution in [2.24, 2.45) is 11.1 Å². The first-order valence-corrected chi connectivity index (χ1v) is 5.03. The molecule has 0 rings (SSSR count). The van der Waals surface area contributed by atoms with Crippen molar-refractivity contribution < 1.29 is 14.3 Å². The zero-order valence-electron chi connectivity index (χ0n) is 9.34. The van der Waals surface area contributed by atoms with E-state index in [4.69, 9.17) is 15.2 Å². The zero-order valence-corrected chi connectivity index (χ0v) is 9.34. The molecule has 0 fully saturated rings. The number of carbonyl (C=O) groups is 1. The molecular formula is C10H21NO3. The number of esters is 1. The maximum Gasteiger partial charge on any atom is 0.313 e. The fraction of sp³-hybridized carbons (Fsp3) is 0.900. The lowest BCUT2D eigenvalue weighted by atomic mass is 9.82. The van der Waals surface area contributed by atoms with Gasteiger partial charge in [0, 0.05) is 20.3 Å². The topological polar surface area (TPSA) is 61.5 Å². The third-order valence-corrected chi connectivity index (χ3v) is 2.56. The van der Waals surface area contributed by atoms with Gasteiger partial charge in [-0.2, -0.15) is 0 Å². The number of ether oxygens (including phenoxy) is 2. The number of methoxy groups -OCH3 is 1. The number of hydrogen-bond acceptors (Lipinski definition) is 4. The molecule has 14 heavy (non-hydrogen) atoms. The van der Waals surface area contributed by atoms with Gasteiger partial charge < -0.3 is 15.2 Å². The fourth-order valence-corrected chi connectivity index (χ4v) is 1.33. The van der Waals surface area contributed by atoms with Crippen molar-refractivity contribution in [3.8, 4) is 0 Å². The zero-order chi connectivity index (χ0) is 11.0. The Labute approximate surface area is 85.8 Å². The highest BCUT2D eigenvalue weighted by Gasteiger charge is 2.36. The highest BCUT2D eigenvalue weighted by Crippen LogP contribution is 2.26. The molecule has 2 N–H and O–H groups in total. The molecule has 0 aliphatic carbocycles. The van der Waals surface area contributed by atoms with Crippen LogP contribution in [-0.4, -0.2) is 32.8 Å². The van der Waals surface area contributed by atoms with E-state index in [1.54, 1.807) is 14.0 Å². The first-order chi connectivity index (χ1) is 6.66. The molecule has 0 saturated heterocycles. The van der Waals surface area contributed by atoms with Crippen LogP contribution >= 0.6 is 0 Å². The van der Waals surface area contributed by atoms with E-state index in [1.165, 1.54) is 0 Å². The minimum atomic E-state index is -0.563. The second-order valence-corrected chi connectivity index (χ2v) is 3.30. The van der Waals surface area contributed by atoms with E-state index in [0.29, 0.717) is 32.6 Å². The Hall–Kier alpha value is -0.610. The summed E-state index contributed by atoms with van der Waals surface area (Å²) in [6.07, 6.45) is 1.31. The van der Waals surface area contributed by atoms with E-state index in [1.807, 2.05) is 6.92 Å². The average Bonchev–Trinajstić information content (AvgIpc) is 2.21. The molecule has 84 valence electrons. The summed E-state index contributed by atoms with van der Waals surface area (Å²) in [6.45, 7) is 4.98. The molecule has 0 aliphatic heterocycles. The van der Waals surface area contributed by atoms with Gasteiger partial charge in [0.15, 0.2) is 0 Å². The van der Waals surface area contributed by atoms with Crippen LogP contribution in [0.1, 0.15) is 26.7 Å². The third kappa shape index (κ3) is 3.27. The summed E-state index contributed by atoms with van der Waals surface area (Å²) in [6, 6.07) is 0. The van der Waals surface area contributed by atoms with Crippen molar-refractivity contribution in [2.75, 3.05) is 26.9 Å². The first-order valence-electron chi connectivity index (χ1n) is 5.03. The Morgan fingerprint density at radius 1 is 1.43 bits per heavy atom. The van der Waals surface area contributed by atoms with Gasteiger partial charge in [-0.25, -0.2) is 0 Å². The van der Waals surface area contributed by atoms with Crippen LogP contribution in [0, 0.1) is 5.41 Å². The van der Waals surface area contributed by atoms with Gasteiger partial charge in [-0.05, 0) is 19.8 Å². The van der Waals surface area contributed by atoms with Crippen LogP contribution in [0.2, 0.25) is 0 Å². The van der Waals surface area contributed by atoms with Gasteiger partial charge in [-0.1, -0.05) is 6.92 Å². The summed E-state index contributed by atoms with van der Waals surface area (Å²) in [5, 5.41) is 0. The van der Waals surface area contributed by atoms with Crippen LogP contribution < -0.4 is 5.73 Å². The van der Waals surface area contributed by atoms with E-state index in [9.17, 15) is 4.79 Å². The molecule has 0 aromatic heterocycles. The second-order valence-electron chi connectivity index (χ2n) is 3.30. The van der Waals surface area contributed by atoms with Gasteiger partial charge in [0.1, 0.15) is 0 Å². The Bertz CT molecular complexity index is 167. The molecular weight excluding hydrogens is 182 g/mol. The van der Waals surface area contributed by atoms with E-state index in [2.05, 4.69) is 0 Å². The third-order valence-electron chi connectivity index (χ3n) is 2.56. The summed E-state index contributed by atoms with van der Waals surface area (Å²) in [4.78, 5) is 11.7. The van der Waals surface area contributed by atoms with E-state index in [0.717, 1.165) is 0 Å². The number of nitrogens with two attached hydrogens (primary N) is 1. The Morgan fingerprint density at radius 2 is 2.07 bits per heavy atom. The SMILES string of the molecule is CCOC(=O)C(CC)(CN)CCOC. The molecule has 4 heteroatoms. The lowest BCUT2D eigenvalue weighted by Gasteiger charge is -2.28. The summed E-state index contributed by atoms with van der Waals surface area (Å²) in [7, 11) is 1.61. The quantitative estimate of drug-likeness (QED) is 0.625. The van der Waals surface area contributed by atoms with Gasteiger partial charge in [0.25, 0.3) is 0 Å². The van der Waals surface area contributed by atoms with Gasteiger partial charge in [-0.3, -0.25) is 4.79 Å². The maximum atomic E-state index is 11.7. The summed E-state index contributed by atoms with van der Waals surface area (Å²) in [5.41, 5.74) is 5.07. The van der Waals surface area contributed by atoms with Gasteiger partial charge in [0.2, 0.25) is 0 Å². The maximum absolute atomic E-state index is 11.7. The van der Waals surface area contributed by atoms with Crippen LogP contribution in [-0.2, 0) is 14.3 Å². The number of rotatable bonds is 7. The predicted octanol–water partition coefficient (Wildman–Crippen LogP) is 0.941. The van der Waals surface area contributed by atoms with Crippen molar-refractivity contribution in [1.29, 1.82) is 0 Å². The molecule has 0 radical (unpaired) electrons. The minimum Gasteiger partial charge on any atom is -0.466 e. The monoisotopic (exact) mass is 203 g/mol. The highest BCUT2D eigenvalue weighted by atomic mass is 16.5. The molecule has 1 unspecified atom stereocenters. The lowest BCUT2D eigenvalue weighted by Crippen LogP contribution is -2.40. The average molecular weight is 203 g/mol. The van der Waals surface area contributed by atoms with Crippen LogP contribution in [0.4, 0.5) is 0 Å². The molecule has 0 aliphatic rings. The molecule has 4 nitrogen and oxygen atoms in total. The van der Waals surface area contributed by atoms with Crippen LogP contribution in [0.15, 0.2) is 0 Å².